The Morgan fingerprint density at radius 2 is 1.41 bits per heavy atom. The number of benzene rings is 5. The molecule has 0 spiro atoms. The van der Waals surface area contributed by atoms with Crippen LogP contribution in [-0.2, 0) is 0 Å². The average Bonchev–Trinajstić information content (AvgIpc) is 3.50. The van der Waals surface area contributed by atoms with E-state index in [1.54, 1.807) is 23.5 Å². The summed E-state index contributed by atoms with van der Waals surface area (Å²) in [6, 6.07) is 37.9. The van der Waals surface area contributed by atoms with Gasteiger partial charge in [0, 0.05) is 28.1 Å². The predicted molar refractivity (Wildman–Crippen MR) is 151 cm³/mol. The standard InChI is InChI=1S/C31H19N3O2S/c35-34(36)28-14-8-7-13-23(28)21-15-16-27-24(17-21)25-18-30-26(32-31(37-30)20-9-3-1-4-10-20)19-29(25)33(27)22-11-5-2-6-12-22/h1-19H. The van der Waals surface area contributed by atoms with Crippen molar-refractivity contribution in [3.63, 3.8) is 0 Å². The summed E-state index contributed by atoms with van der Waals surface area (Å²) >= 11 is 1.68. The van der Waals surface area contributed by atoms with Crippen LogP contribution in [0.4, 0.5) is 5.69 Å². The van der Waals surface area contributed by atoms with Crippen LogP contribution in [0.5, 0.6) is 0 Å². The van der Waals surface area contributed by atoms with Gasteiger partial charge in [-0.25, -0.2) is 4.98 Å². The van der Waals surface area contributed by atoms with Crippen molar-refractivity contribution in [2.75, 3.05) is 0 Å². The molecule has 176 valence electrons. The fourth-order valence-electron chi connectivity index (χ4n) is 5.04. The third-order valence-electron chi connectivity index (χ3n) is 6.72. The molecule has 2 aromatic heterocycles. The van der Waals surface area contributed by atoms with Gasteiger partial charge in [0.15, 0.2) is 0 Å². The molecule has 0 N–H and O–H groups in total. The summed E-state index contributed by atoms with van der Waals surface area (Å²) in [6.07, 6.45) is 0. The number of nitro groups is 1. The first kappa shape index (κ1) is 21.5. The van der Waals surface area contributed by atoms with Crippen LogP contribution in [0.3, 0.4) is 0 Å². The second kappa shape index (κ2) is 8.40. The topological polar surface area (TPSA) is 61.0 Å². The van der Waals surface area contributed by atoms with Gasteiger partial charge in [-0.15, -0.1) is 11.3 Å². The van der Waals surface area contributed by atoms with Gasteiger partial charge < -0.3 is 4.57 Å². The Balaban J connectivity index is 1.53. The predicted octanol–water partition coefficient (Wildman–Crippen LogP) is 8.64. The van der Waals surface area contributed by atoms with Crippen molar-refractivity contribution >= 4 is 49.0 Å². The van der Waals surface area contributed by atoms with Gasteiger partial charge in [0.2, 0.25) is 0 Å². The minimum atomic E-state index is -0.321. The largest absolute Gasteiger partial charge is 0.309 e. The van der Waals surface area contributed by atoms with Crippen LogP contribution in [0, 0.1) is 10.1 Å². The third kappa shape index (κ3) is 3.50. The second-order valence-electron chi connectivity index (χ2n) is 8.90. The van der Waals surface area contributed by atoms with Crippen LogP contribution in [0.2, 0.25) is 0 Å². The summed E-state index contributed by atoms with van der Waals surface area (Å²) in [5, 5.41) is 14.8. The summed E-state index contributed by atoms with van der Waals surface area (Å²) < 4.78 is 3.35. The molecule has 0 saturated carbocycles. The van der Waals surface area contributed by atoms with Gasteiger partial charge in [0.1, 0.15) is 5.01 Å². The van der Waals surface area contributed by atoms with E-state index in [2.05, 4.69) is 53.1 Å². The Morgan fingerprint density at radius 3 is 2.19 bits per heavy atom. The lowest BCUT2D eigenvalue weighted by Gasteiger charge is -2.08. The minimum Gasteiger partial charge on any atom is -0.309 e. The number of rotatable bonds is 4. The van der Waals surface area contributed by atoms with Crippen LogP contribution in [0.1, 0.15) is 0 Å². The molecule has 7 aromatic rings. The minimum absolute atomic E-state index is 0.103. The van der Waals surface area contributed by atoms with Gasteiger partial charge >= 0.3 is 0 Å². The molecule has 0 saturated heterocycles. The van der Waals surface area contributed by atoms with Gasteiger partial charge in [0.25, 0.3) is 5.69 Å². The van der Waals surface area contributed by atoms with Crippen LogP contribution in [-0.4, -0.2) is 14.5 Å². The SMILES string of the molecule is O=[N+]([O-])c1ccccc1-c1ccc2c(c1)c1cc3sc(-c4ccccc4)nc3cc1n2-c1ccccc1. The molecule has 0 fully saturated rings. The molecule has 0 bridgehead atoms. The highest BCUT2D eigenvalue weighted by Crippen LogP contribution is 2.40. The summed E-state index contributed by atoms with van der Waals surface area (Å²) in [7, 11) is 0. The van der Waals surface area contributed by atoms with Gasteiger partial charge in [-0.05, 0) is 48.0 Å². The highest BCUT2D eigenvalue weighted by atomic mass is 32.1. The van der Waals surface area contributed by atoms with E-state index in [-0.39, 0.29) is 10.6 Å². The summed E-state index contributed by atoms with van der Waals surface area (Å²) in [5.74, 6) is 0. The van der Waals surface area contributed by atoms with Crippen LogP contribution >= 0.6 is 11.3 Å². The number of thiazole rings is 1. The summed E-state index contributed by atoms with van der Waals surface area (Å²) in [5.41, 5.74) is 6.74. The summed E-state index contributed by atoms with van der Waals surface area (Å²) in [6.45, 7) is 0. The van der Waals surface area contributed by atoms with Gasteiger partial charge in [-0.3, -0.25) is 10.1 Å². The third-order valence-corrected chi connectivity index (χ3v) is 7.79. The molecule has 37 heavy (non-hydrogen) atoms. The lowest BCUT2D eigenvalue weighted by atomic mass is 10.0. The molecule has 0 radical (unpaired) electrons. The molecule has 0 aliphatic heterocycles. The molecule has 0 unspecified atom stereocenters. The molecular formula is C31H19N3O2S. The van der Waals surface area contributed by atoms with Crippen molar-refractivity contribution < 1.29 is 4.92 Å². The van der Waals surface area contributed by atoms with E-state index in [0.29, 0.717) is 5.56 Å². The molecule has 0 aliphatic carbocycles. The molecule has 5 nitrogen and oxygen atoms in total. The zero-order valence-electron chi connectivity index (χ0n) is 19.5. The number of para-hydroxylation sites is 2. The van der Waals surface area contributed by atoms with E-state index in [0.717, 1.165) is 53.8 Å². The molecule has 0 amide bonds. The van der Waals surface area contributed by atoms with Crippen LogP contribution < -0.4 is 0 Å². The molecule has 0 atom stereocenters. The number of fused-ring (bicyclic) bond motifs is 4. The average molecular weight is 498 g/mol. The smallest absolute Gasteiger partial charge is 0.277 e. The summed E-state index contributed by atoms with van der Waals surface area (Å²) in [4.78, 5) is 16.4. The Hall–Kier alpha value is -4.81. The first-order valence-electron chi connectivity index (χ1n) is 11.9. The highest BCUT2D eigenvalue weighted by molar-refractivity contribution is 7.21. The first-order valence-corrected chi connectivity index (χ1v) is 12.7. The Kier molecular flexibility index (Phi) is 4.87. The van der Waals surface area contributed by atoms with Crippen molar-refractivity contribution in [2.24, 2.45) is 0 Å². The molecule has 5 aromatic carbocycles. The van der Waals surface area contributed by atoms with E-state index in [1.165, 1.54) is 0 Å². The number of nitro benzene ring substituents is 1. The maximum Gasteiger partial charge on any atom is 0.277 e. The van der Waals surface area contributed by atoms with Crippen LogP contribution in [0.25, 0.3) is 59.4 Å². The molecule has 6 heteroatoms. The van der Waals surface area contributed by atoms with Crippen LogP contribution in [0.15, 0.2) is 115 Å². The van der Waals surface area contributed by atoms with E-state index in [1.807, 2.05) is 54.6 Å². The van der Waals surface area contributed by atoms with E-state index >= 15 is 0 Å². The van der Waals surface area contributed by atoms with Crippen molar-refractivity contribution in [1.29, 1.82) is 0 Å². The van der Waals surface area contributed by atoms with Gasteiger partial charge in [-0.1, -0.05) is 66.7 Å². The highest BCUT2D eigenvalue weighted by Gasteiger charge is 2.19. The van der Waals surface area contributed by atoms with E-state index < -0.39 is 0 Å². The number of hydrogen-bond acceptors (Lipinski definition) is 4. The second-order valence-corrected chi connectivity index (χ2v) is 9.93. The monoisotopic (exact) mass is 497 g/mol. The number of nitrogens with zero attached hydrogens (tertiary/aromatic N) is 3. The van der Waals surface area contributed by atoms with Crippen molar-refractivity contribution in [1.82, 2.24) is 9.55 Å². The fourth-order valence-corrected chi connectivity index (χ4v) is 6.04. The normalized spacial score (nSPS) is 11.5. The molecular weight excluding hydrogens is 478 g/mol. The number of hydrogen-bond donors (Lipinski definition) is 0. The molecule has 0 aliphatic rings. The maximum atomic E-state index is 11.7. The van der Waals surface area contributed by atoms with E-state index in [4.69, 9.17) is 4.98 Å². The maximum absolute atomic E-state index is 11.7. The quantitative estimate of drug-likeness (QED) is 0.181. The molecule has 2 heterocycles. The van der Waals surface area contributed by atoms with Crippen molar-refractivity contribution in [3.8, 4) is 27.4 Å². The van der Waals surface area contributed by atoms with Crippen molar-refractivity contribution in [2.45, 2.75) is 0 Å². The van der Waals surface area contributed by atoms with Gasteiger partial charge in [-0.2, -0.15) is 0 Å². The Labute approximate surface area is 216 Å². The van der Waals surface area contributed by atoms with Gasteiger partial charge in [0.05, 0.1) is 31.7 Å². The zero-order chi connectivity index (χ0) is 24.9. The van der Waals surface area contributed by atoms with Crippen molar-refractivity contribution in [3.05, 3.63) is 125 Å². The fraction of sp³-hybridized carbons (Fsp3) is 0. The van der Waals surface area contributed by atoms with E-state index in [9.17, 15) is 10.1 Å². The number of aromatic nitrogens is 2. The molecule has 7 rings (SSSR count). The Morgan fingerprint density at radius 1 is 0.703 bits per heavy atom. The zero-order valence-corrected chi connectivity index (χ0v) is 20.4. The Bertz CT molecular complexity index is 1960. The lowest BCUT2D eigenvalue weighted by molar-refractivity contribution is -0.384. The first-order chi connectivity index (χ1) is 18.2. The lowest BCUT2D eigenvalue weighted by Crippen LogP contribution is -1.93.